The number of halogens is 2. The van der Waals surface area contributed by atoms with E-state index in [1.807, 2.05) is 6.07 Å². The lowest BCUT2D eigenvalue weighted by molar-refractivity contribution is 0.0854. The maximum atomic E-state index is 13.4. The van der Waals surface area contributed by atoms with Gasteiger partial charge in [-0.1, -0.05) is 23.7 Å². The molecule has 1 amide bonds. The number of ether oxygens (including phenoxy) is 2. The number of carbonyl (C=O) groups excluding carboxylic acids is 1. The molecule has 4 rings (SSSR count). The van der Waals surface area contributed by atoms with Crippen molar-refractivity contribution in [3.63, 3.8) is 0 Å². The van der Waals surface area contributed by atoms with Crippen molar-refractivity contribution in [2.24, 2.45) is 4.99 Å². The van der Waals surface area contributed by atoms with Crippen LogP contribution < -0.4 is 15.6 Å². The van der Waals surface area contributed by atoms with E-state index in [9.17, 15) is 9.18 Å². The summed E-state index contributed by atoms with van der Waals surface area (Å²) in [6.45, 7) is 1.10. The highest BCUT2D eigenvalue weighted by atomic mass is 35.5. The largest absolute Gasteiger partial charge is 0.493 e. The highest BCUT2D eigenvalue weighted by Gasteiger charge is 2.19. The van der Waals surface area contributed by atoms with Gasteiger partial charge in [0.05, 0.1) is 23.9 Å². The Balaban J connectivity index is 1.81. The van der Waals surface area contributed by atoms with Gasteiger partial charge < -0.3 is 19.2 Å². The lowest BCUT2D eigenvalue weighted by Crippen LogP contribution is -2.34. The molecule has 0 radical (unpaired) electrons. The Morgan fingerprint density at radius 1 is 1.33 bits per heavy atom. The molecule has 1 aromatic heterocycles. The molecule has 0 spiro atoms. The van der Waals surface area contributed by atoms with Crippen LogP contribution in [0.15, 0.2) is 51.9 Å². The molecule has 2 heterocycles. The molecule has 30 heavy (non-hydrogen) atoms. The number of hydrogen-bond donors (Lipinski definition) is 1. The van der Waals surface area contributed by atoms with Gasteiger partial charge in [-0.2, -0.15) is 0 Å². The van der Waals surface area contributed by atoms with Crippen LogP contribution in [-0.4, -0.2) is 32.3 Å². The predicted octanol–water partition coefficient (Wildman–Crippen LogP) is 4.38. The number of nitrogens with one attached hydrogen (secondary N) is 1. The van der Waals surface area contributed by atoms with Crippen LogP contribution in [0.2, 0.25) is 5.02 Å². The molecule has 156 valence electrons. The van der Waals surface area contributed by atoms with Crippen LogP contribution in [-0.2, 0) is 4.74 Å². The molecule has 1 saturated heterocycles. The molecule has 1 fully saturated rings. The molecule has 8 heteroatoms. The summed E-state index contributed by atoms with van der Waals surface area (Å²) in [5, 5.41) is 3.66. The molecule has 1 atom stereocenters. The number of para-hydroxylation sites is 1. The summed E-state index contributed by atoms with van der Waals surface area (Å²) < 4.78 is 30.3. The van der Waals surface area contributed by atoms with Crippen molar-refractivity contribution >= 4 is 34.2 Å². The minimum atomic E-state index is -0.481. The average molecular weight is 431 g/mol. The fraction of sp³-hybridized carbons (Fsp3) is 0.273. The van der Waals surface area contributed by atoms with Gasteiger partial charge in [-0.25, -0.2) is 9.38 Å². The van der Waals surface area contributed by atoms with E-state index in [4.69, 9.17) is 25.5 Å². The summed E-state index contributed by atoms with van der Waals surface area (Å²) in [7, 11) is 1.53. The Bertz CT molecular complexity index is 1160. The van der Waals surface area contributed by atoms with Crippen LogP contribution in [0.25, 0.3) is 11.0 Å². The topological polar surface area (TPSA) is 73.1 Å². The Kier molecular flexibility index (Phi) is 6.01. The number of nitrogens with zero attached hydrogens (tertiary/aromatic N) is 1. The second-order valence-electron chi connectivity index (χ2n) is 6.90. The quantitative estimate of drug-likeness (QED) is 0.652. The van der Waals surface area contributed by atoms with Crippen LogP contribution in [0.4, 0.5) is 10.1 Å². The van der Waals surface area contributed by atoms with Crippen molar-refractivity contribution < 1.29 is 23.1 Å². The minimum absolute atomic E-state index is 0.00151. The highest BCUT2D eigenvalue weighted by molar-refractivity contribution is 6.32. The van der Waals surface area contributed by atoms with E-state index in [2.05, 4.69) is 10.3 Å². The van der Waals surface area contributed by atoms with Crippen LogP contribution in [0.5, 0.6) is 5.75 Å². The van der Waals surface area contributed by atoms with Crippen molar-refractivity contribution in [3.8, 4) is 5.75 Å². The molecule has 1 N–H and O–H groups in total. The third-order valence-electron chi connectivity index (χ3n) is 4.85. The number of amides is 1. The van der Waals surface area contributed by atoms with Crippen molar-refractivity contribution in [2.45, 2.75) is 18.9 Å². The molecule has 0 bridgehead atoms. The normalized spacial score (nSPS) is 16.8. The Hall–Kier alpha value is -2.90. The number of hydrogen-bond acceptors (Lipinski definition) is 5. The summed E-state index contributed by atoms with van der Waals surface area (Å²) in [5.74, 6) is -0.331. The number of benzene rings is 2. The van der Waals surface area contributed by atoms with E-state index >= 15 is 0 Å². The molecule has 3 aromatic rings. The average Bonchev–Trinajstić information content (AvgIpc) is 3.26. The third kappa shape index (κ3) is 4.32. The maximum absolute atomic E-state index is 13.4. The van der Waals surface area contributed by atoms with Gasteiger partial charge in [-0.3, -0.25) is 4.79 Å². The van der Waals surface area contributed by atoms with Gasteiger partial charge in [-0.05, 0) is 43.2 Å². The highest BCUT2D eigenvalue weighted by Crippen LogP contribution is 2.27. The Labute approximate surface area is 177 Å². The van der Waals surface area contributed by atoms with Gasteiger partial charge in [0.25, 0.3) is 5.91 Å². The van der Waals surface area contributed by atoms with Gasteiger partial charge in [0.15, 0.2) is 11.3 Å². The lowest BCUT2D eigenvalue weighted by Gasteiger charge is -2.12. The summed E-state index contributed by atoms with van der Waals surface area (Å²) in [6.07, 6.45) is 1.88. The second-order valence-corrected chi connectivity index (χ2v) is 7.30. The lowest BCUT2D eigenvalue weighted by atomic mass is 10.1. The van der Waals surface area contributed by atoms with Crippen LogP contribution in [0.1, 0.15) is 23.2 Å². The zero-order valence-corrected chi connectivity index (χ0v) is 17.0. The monoisotopic (exact) mass is 430 g/mol. The molecule has 1 aliphatic rings. The van der Waals surface area contributed by atoms with Crippen molar-refractivity contribution in [3.05, 3.63) is 64.4 Å². The summed E-state index contributed by atoms with van der Waals surface area (Å²) >= 11 is 6.12. The maximum Gasteiger partial charge on any atom is 0.256 e. The number of rotatable bonds is 5. The summed E-state index contributed by atoms with van der Waals surface area (Å²) in [6, 6.07) is 10.9. The van der Waals surface area contributed by atoms with Gasteiger partial charge in [0.1, 0.15) is 11.4 Å². The van der Waals surface area contributed by atoms with Crippen molar-refractivity contribution in [2.75, 3.05) is 20.3 Å². The molecule has 6 nitrogen and oxygen atoms in total. The summed E-state index contributed by atoms with van der Waals surface area (Å²) in [4.78, 5) is 17.3. The fourth-order valence-electron chi connectivity index (χ4n) is 3.32. The summed E-state index contributed by atoms with van der Waals surface area (Å²) in [5.41, 5.74) is 0.997. The molecule has 0 unspecified atom stereocenters. The van der Waals surface area contributed by atoms with Gasteiger partial charge >= 0.3 is 0 Å². The SMILES string of the molecule is COc1cccc2cc(C(=O)NC[C@@H]3CCCO3)c(=Nc3ccc(F)cc3Cl)oc12. The predicted molar refractivity (Wildman–Crippen MR) is 111 cm³/mol. The van der Waals surface area contributed by atoms with E-state index < -0.39 is 5.82 Å². The first-order chi connectivity index (χ1) is 14.5. The van der Waals surface area contributed by atoms with Crippen molar-refractivity contribution in [1.82, 2.24) is 5.32 Å². The standard InChI is InChI=1S/C22H20ClFN2O4/c1-28-19-6-2-4-13-10-16(21(27)25-12-15-5-3-9-29-15)22(30-20(13)19)26-18-8-7-14(24)11-17(18)23/h2,4,6-8,10-11,15H,3,5,9,12H2,1H3,(H,25,27)/t15-/m0/s1. The van der Waals surface area contributed by atoms with Gasteiger partial charge in [0.2, 0.25) is 5.55 Å². The first-order valence-corrected chi connectivity index (χ1v) is 9.93. The Morgan fingerprint density at radius 2 is 2.20 bits per heavy atom. The molecule has 2 aromatic carbocycles. The first kappa shape index (κ1) is 20.4. The number of fused-ring (bicyclic) bond motifs is 1. The molecular formula is C22H20ClFN2O4. The number of methoxy groups -OCH3 is 1. The van der Waals surface area contributed by atoms with E-state index in [0.29, 0.717) is 29.9 Å². The van der Waals surface area contributed by atoms with Crippen molar-refractivity contribution in [1.29, 1.82) is 0 Å². The smallest absolute Gasteiger partial charge is 0.256 e. The fourth-order valence-corrected chi connectivity index (χ4v) is 3.53. The van der Waals surface area contributed by atoms with Crippen LogP contribution in [0, 0.1) is 5.82 Å². The molecule has 0 aliphatic carbocycles. The third-order valence-corrected chi connectivity index (χ3v) is 5.15. The first-order valence-electron chi connectivity index (χ1n) is 9.55. The molecule has 0 saturated carbocycles. The second kappa shape index (κ2) is 8.85. The van der Waals surface area contributed by atoms with Gasteiger partial charge in [0, 0.05) is 18.5 Å². The van der Waals surface area contributed by atoms with E-state index in [1.165, 1.54) is 19.2 Å². The number of carbonyl (C=O) groups is 1. The van der Waals surface area contributed by atoms with Crippen LogP contribution in [0.3, 0.4) is 0 Å². The van der Waals surface area contributed by atoms with Gasteiger partial charge in [-0.15, -0.1) is 0 Å². The zero-order chi connectivity index (χ0) is 21.1. The zero-order valence-electron chi connectivity index (χ0n) is 16.3. The van der Waals surface area contributed by atoms with E-state index in [0.717, 1.165) is 18.9 Å². The van der Waals surface area contributed by atoms with E-state index in [-0.39, 0.29) is 33.8 Å². The van der Waals surface area contributed by atoms with Crippen LogP contribution >= 0.6 is 11.6 Å². The Morgan fingerprint density at radius 3 is 2.93 bits per heavy atom. The molecular weight excluding hydrogens is 411 g/mol. The molecule has 1 aliphatic heterocycles. The minimum Gasteiger partial charge on any atom is -0.493 e. The van der Waals surface area contributed by atoms with E-state index in [1.54, 1.807) is 18.2 Å².